The van der Waals surface area contributed by atoms with Crippen LogP contribution in [0.3, 0.4) is 0 Å². The lowest BCUT2D eigenvalue weighted by Gasteiger charge is -2.05. The van der Waals surface area contributed by atoms with Crippen molar-refractivity contribution in [2.75, 3.05) is 18.1 Å². The van der Waals surface area contributed by atoms with Gasteiger partial charge in [-0.2, -0.15) is 11.8 Å². The third-order valence-electron chi connectivity index (χ3n) is 1.81. The van der Waals surface area contributed by atoms with E-state index in [0.717, 1.165) is 33.7 Å². The Bertz CT molecular complexity index is 293. The highest BCUT2D eigenvalue weighted by atomic mass is 79.9. The van der Waals surface area contributed by atoms with E-state index in [1.165, 1.54) is 0 Å². The molecule has 0 bridgehead atoms. The number of anilines is 1. The van der Waals surface area contributed by atoms with E-state index in [0.29, 0.717) is 0 Å². The first-order chi connectivity index (χ1) is 6.74. The van der Waals surface area contributed by atoms with Crippen molar-refractivity contribution >= 4 is 33.4 Å². The van der Waals surface area contributed by atoms with Gasteiger partial charge in [0.25, 0.3) is 0 Å². The Balaban J connectivity index is 2.42. The van der Waals surface area contributed by atoms with E-state index < -0.39 is 0 Å². The van der Waals surface area contributed by atoms with E-state index in [-0.39, 0.29) is 6.61 Å². The fourth-order valence-corrected chi connectivity index (χ4v) is 2.39. The first kappa shape index (κ1) is 11.9. The number of benzene rings is 1. The number of halogens is 1. The monoisotopic (exact) mass is 275 g/mol. The van der Waals surface area contributed by atoms with Gasteiger partial charge in [-0.1, -0.05) is 22.0 Å². The highest BCUT2D eigenvalue weighted by Crippen LogP contribution is 2.22. The molecule has 0 aromatic heterocycles. The summed E-state index contributed by atoms with van der Waals surface area (Å²) in [6.07, 6.45) is 0.848. The van der Waals surface area contributed by atoms with Gasteiger partial charge >= 0.3 is 0 Å². The number of nitrogen functional groups attached to an aromatic ring is 1. The maximum atomic E-state index is 8.61. The topological polar surface area (TPSA) is 46.2 Å². The maximum absolute atomic E-state index is 8.61. The number of hydrogen-bond donors (Lipinski definition) is 2. The summed E-state index contributed by atoms with van der Waals surface area (Å²) in [6.45, 7) is 0.267. The molecule has 0 saturated heterocycles. The van der Waals surface area contributed by atoms with Gasteiger partial charge in [0.15, 0.2) is 0 Å². The fourth-order valence-electron chi connectivity index (χ4n) is 1.05. The van der Waals surface area contributed by atoms with Crippen molar-refractivity contribution in [2.45, 2.75) is 12.2 Å². The van der Waals surface area contributed by atoms with Gasteiger partial charge in [0.1, 0.15) is 0 Å². The molecule has 0 saturated carbocycles. The smallest absolute Gasteiger partial charge is 0.0438 e. The molecule has 0 unspecified atom stereocenters. The molecule has 4 heteroatoms. The molecule has 0 atom stereocenters. The van der Waals surface area contributed by atoms with Crippen LogP contribution in [0, 0.1) is 0 Å². The first-order valence-corrected chi connectivity index (χ1v) is 6.41. The zero-order valence-electron chi connectivity index (χ0n) is 7.87. The van der Waals surface area contributed by atoms with E-state index in [2.05, 4.69) is 15.9 Å². The fraction of sp³-hybridized carbons (Fsp3) is 0.400. The average molecular weight is 276 g/mol. The van der Waals surface area contributed by atoms with Crippen LogP contribution in [0.5, 0.6) is 0 Å². The zero-order chi connectivity index (χ0) is 10.4. The number of aliphatic hydroxyl groups excluding tert-OH is 1. The molecular formula is C10H14BrNOS. The molecule has 0 radical (unpaired) electrons. The molecule has 0 spiro atoms. The van der Waals surface area contributed by atoms with Gasteiger partial charge in [-0.15, -0.1) is 0 Å². The van der Waals surface area contributed by atoms with E-state index in [4.69, 9.17) is 10.8 Å². The SMILES string of the molecule is Nc1cc(Br)ccc1CSCCCO. The molecule has 0 aliphatic rings. The van der Waals surface area contributed by atoms with E-state index in [1.807, 2.05) is 18.2 Å². The molecule has 0 fully saturated rings. The quantitative estimate of drug-likeness (QED) is 0.642. The second-order valence-electron chi connectivity index (χ2n) is 2.97. The molecule has 2 nitrogen and oxygen atoms in total. The largest absolute Gasteiger partial charge is 0.398 e. The number of hydrogen-bond acceptors (Lipinski definition) is 3. The van der Waals surface area contributed by atoms with Crippen LogP contribution in [0.1, 0.15) is 12.0 Å². The van der Waals surface area contributed by atoms with Crippen LogP contribution in [-0.4, -0.2) is 17.5 Å². The Morgan fingerprint density at radius 2 is 2.21 bits per heavy atom. The Kier molecular flexibility index (Phi) is 5.37. The average Bonchev–Trinajstić information content (AvgIpc) is 2.15. The first-order valence-electron chi connectivity index (χ1n) is 4.46. The third-order valence-corrected chi connectivity index (χ3v) is 3.40. The summed E-state index contributed by atoms with van der Waals surface area (Å²) in [5.74, 6) is 1.89. The number of thioether (sulfide) groups is 1. The Morgan fingerprint density at radius 1 is 1.43 bits per heavy atom. The summed E-state index contributed by atoms with van der Waals surface area (Å²) in [4.78, 5) is 0. The molecule has 0 aliphatic carbocycles. The van der Waals surface area contributed by atoms with Gasteiger partial charge < -0.3 is 10.8 Å². The summed E-state index contributed by atoms with van der Waals surface area (Å²) < 4.78 is 1.01. The molecule has 0 heterocycles. The third kappa shape index (κ3) is 3.90. The van der Waals surface area contributed by atoms with E-state index in [1.54, 1.807) is 11.8 Å². The van der Waals surface area contributed by atoms with Crippen molar-refractivity contribution in [3.8, 4) is 0 Å². The van der Waals surface area contributed by atoms with Crippen molar-refractivity contribution < 1.29 is 5.11 Å². The van der Waals surface area contributed by atoms with Gasteiger partial charge in [0, 0.05) is 22.5 Å². The summed E-state index contributed by atoms with van der Waals surface area (Å²) in [7, 11) is 0. The van der Waals surface area contributed by atoms with Gasteiger partial charge in [0.2, 0.25) is 0 Å². The van der Waals surface area contributed by atoms with Crippen molar-refractivity contribution in [1.29, 1.82) is 0 Å². The normalized spacial score (nSPS) is 10.4. The van der Waals surface area contributed by atoms with Crippen LogP contribution < -0.4 is 5.73 Å². The molecule has 0 amide bonds. The van der Waals surface area contributed by atoms with Gasteiger partial charge in [-0.25, -0.2) is 0 Å². The van der Waals surface area contributed by atoms with Gasteiger partial charge in [0.05, 0.1) is 0 Å². The van der Waals surface area contributed by atoms with Crippen LogP contribution in [0.15, 0.2) is 22.7 Å². The van der Waals surface area contributed by atoms with Crippen molar-refractivity contribution in [3.63, 3.8) is 0 Å². The lowest BCUT2D eigenvalue weighted by atomic mass is 10.2. The van der Waals surface area contributed by atoms with Gasteiger partial charge in [-0.05, 0) is 29.9 Å². The Labute approximate surface area is 97.0 Å². The van der Waals surface area contributed by atoms with Crippen LogP contribution in [-0.2, 0) is 5.75 Å². The molecule has 1 aromatic carbocycles. The molecule has 1 rings (SSSR count). The number of rotatable bonds is 5. The maximum Gasteiger partial charge on any atom is 0.0438 e. The molecule has 78 valence electrons. The van der Waals surface area contributed by atoms with E-state index in [9.17, 15) is 0 Å². The minimum Gasteiger partial charge on any atom is -0.398 e. The molecule has 3 N–H and O–H groups in total. The lowest BCUT2D eigenvalue weighted by Crippen LogP contribution is -1.93. The number of aliphatic hydroxyl groups is 1. The van der Waals surface area contributed by atoms with Gasteiger partial charge in [-0.3, -0.25) is 0 Å². The van der Waals surface area contributed by atoms with Crippen LogP contribution >= 0.6 is 27.7 Å². The molecule has 1 aromatic rings. The minimum atomic E-state index is 0.267. The van der Waals surface area contributed by atoms with E-state index >= 15 is 0 Å². The second kappa shape index (κ2) is 6.32. The predicted molar refractivity (Wildman–Crippen MR) is 66.4 cm³/mol. The highest BCUT2D eigenvalue weighted by Gasteiger charge is 1.99. The summed E-state index contributed by atoms with van der Waals surface area (Å²) >= 11 is 5.17. The molecule has 0 aliphatic heterocycles. The van der Waals surface area contributed by atoms with Crippen LogP contribution in [0.2, 0.25) is 0 Å². The lowest BCUT2D eigenvalue weighted by molar-refractivity contribution is 0.296. The number of nitrogens with two attached hydrogens (primary N) is 1. The van der Waals surface area contributed by atoms with Crippen LogP contribution in [0.25, 0.3) is 0 Å². The Morgan fingerprint density at radius 3 is 2.86 bits per heavy atom. The van der Waals surface area contributed by atoms with Crippen molar-refractivity contribution in [3.05, 3.63) is 28.2 Å². The zero-order valence-corrected chi connectivity index (χ0v) is 10.3. The molecular weight excluding hydrogens is 262 g/mol. The van der Waals surface area contributed by atoms with Crippen LogP contribution in [0.4, 0.5) is 5.69 Å². The summed E-state index contributed by atoms with van der Waals surface area (Å²) in [6, 6.07) is 5.95. The predicted octanol–water partition coefficient (Wildman–Crippen LogP) is 2.65. The van der Waals surface area contributed by atoms with Crippen molar-refractivity contribution in [2.24, 2.45) is 0 Å². The standard InChI is InChI=1S/C10H14BrNOS/c11-9-3-2-8(10(12)6-9)7-14-5-1-4-13/h2-3,6,13H,1,4-5,7,12H2. The Hall–Kier alpha value is -0.190. The highest BCUT2D eigenvalue weighted by molar-refractivity contribution is 9.10. The van der Waals surface area contributed by atoms with Crippen molar-refractivity contribution in [1.82, 2.24) is 0 Å². The molecule has 14 heavy (non-hydrogen) atoms. The second-order valence-corrected chi connectivity index (χ2v) is 4.99. The minimum absolute atomic E-state index is 0.267. The summed E-state index contributed by atoms with van der Waals surface area (Å²) in [5.41, 5.74) is 7.84. The summed E-state index contributed by atoms with van der Waals surface area (Å²) in [5, 5.41) is 8.61.